The maximum Gasteiger partial charge on any atom is 0.253 e. The molecule has 160 valence electrons. The van der Waals surface area contributed by atoms with Gasteiger partial charge in [0.15, 0.2) is 0 Å². The average Bonchev–Trinajstić information content (AvgIpc) is 3.22. The summed E-state index contributed by atoms with van der Waals surface area (Å²) in [6, 6.07) is 13.0. The summed E-state index contributed by atoms with van der Waals surface area (Å²) in [5.74, 6) is -0.821. The van der Waals surface area contributed by atoms with Crippen molar-refractivity contribution in [3.8, 4) is 0 Å². The van der Waals surface area contributed by atoms with Crippen LogP contribution in [0.1, 0.15) is 33.8 Å². The second-order valence-corrected chi connectivity index (χ2v) is 8.87. The number of likely N-dealkylation sites (tertiary alicyclic amines) is 1. The van der Waals surface area contributed by atoms with Gasteiger partial charge in [-0.2, -0.15) is 0 Å². The van der Waals surface area contributed by atoms with Gasteiger partial charge in [-0.05, 0) is 54.8 Å². The Kier molecular flexibility index (Phi) is 6.58. The molecule has 0 bridgehead atoms. The van der Waals surface area contributed by atoms with Gasteiger partial charge in [0.05, 0.1) is 0 Å². The SMILES string of the molecule is O=C(Nc1nnc(Cc2ccc(Cl)cc2)s1)C1CCN(C(=O)c2ccc(F)cc2)CC1. The fourth-order valence-electron chi connectivity index (χ4n) is 3.48. The van der Waals surface area contributed by atoms with E-state index < -0.39 is 0 Å². The number of rotatable bonds is 5. The van der Waals surface area contributed by atoms with Crippen LogP contribution < -0.4 is 5.32 Å². The van der Waals surface area contributed by atoms with E-state index in [-0.39, 0.29) is 23.5 Å². The molecule has 1 N–H and O–H groups in total. The fraction of sp³-hybridized carbons (Fsp3) is 0.273. The molecular formula is C22H20ClFN4O2S. The first kappa shape index (κ1) is 21.4. The second-order valence-electron chi connectivity index (χ2n) is 7.37. The average molecular weight is 459 g/mol. The summed E-state index contributed by atoms with van der Waals surface area (Å²) < 4.78 is 13.1. The van der Waals surface area contributed by atoms with E-state index in [2.05, 4.69) is 15.5 Å². The summed E-state index contributed by atoms with van der Waals surface area (Å²) in [5.41, 5.74) is 1.52. The number of benzene rings is 2. The highest BCUT2D eigenvalue weighted by molar-refractivity contribution is 7.15. The van der Waals surface area contributed by atoms with Crippen LogP contribution in [0.25, 0.3) is 0 Å². The van der Waals surface area contributed by atoms with Gasteiger partial charge in [0.25, 0.3) is 5.91 Å². The maximum absolute atomic E-state index is 13.1. The Bertz CT molecular complexity index is 1060. The smallest absolute Gasteiger partial charge is 0.253 e. The molecule has 6 nitrogen and oxygen atoms in total. The molecule has 2 aromatic carbocycles. The van der Waals surface area contributed by atoms with Gasteiger partial charge in [0, 0.05) is 36.0 Å². The van der Waals surface area contributed by atoms with Crippen LogP contribution in [-0.4, -0.2) is 40.0 Å². The van der Waals surface area contributed by atoms with Crippen molar-refractivity contribution in [3.63, 3.8) is 0 Å². The molecule has 1 aliphatic heterocycles. The van der Waals surface area contributed by atoms with Crippen molar-refractivity contribution in [2.75, 3.05) is 18.4 Å². The predicted molar refractivity (Wildman–Crippen MR) is 118 cm³/mol. The predicted octanol–water partition coefficient (Wildman–Crippen LogP) is 4.41. The molecule has 1 saturated heterocycles. The lowest BCUT2D eigenvalue weighted by molar-refractivity contribution is -0.121. The molecule has 31 heavy (non-hydrogen) atoms. The van der Waals surface area contributed by atoms with Crippen LogP contribution in [0.15, 0.2) is 48.5 Å². The van der Waals surface area contributed by atoms with Gasteiger partial charge in [-0.15, -0.1) is 10.2 Å². The highest BCUT2D eigenvalue weighted by atomic mass is 35.5. The molecule has 0 atom stereocenters. The number of carbonyl (C=O) groups excluding carboxylic acids is 2. The zero-order valence-corrected chi connectivity index (χ0v) is 18.1. The third-order valence-corrected chi connectivity index (χ3v) is 6.30. The molecule has 0 aliphatic carbocycles. The molecular weight excluding hydrogens is 439 g/mol. The molecule has 1 aromatic heterocycles. The second kappa shape index (κ2) is 9.53. The highest BCUT2D eigenvalue weighted by Crippen LogP contribution is 2.24. The maximum atomic E-state index is 13.1. The molecule has 2 heterocycles. The van der Waals surface area contributed by atoms with Crippen LogP contribution in [-0.2, 0) is 11.2 Å². The zero-order valence-electron chi connectivity index (χ0n) is 16.6. The fourth-order valence-corrected chi connectivity index (χ4v) is 4.38. The molecule has 4 rings (SSSR count). The van der Waals surface area contributed by atoms with Crippen LogP contribution >= 0.6 is 22.9 Å². The molecule has 1 fully saturated rings. The lowest BCUT2D eigenvalue weighted by Gasteiger charge is -2.31. The number of aromatic nitrogens is 2. The van der Waals surface area contributed by atoms with Crippen LogP contribution in [0.4, 0.5) is 9.52 Å². The molecule has 0 spiro atoms. The number of nitrogens with zero attached hydrogens (tertiary/aromatic N) is 3. The molecule has 3 aromatic rings. The first-order valence-electron chi connectivity index (χ1n) is 9.90. The van der Waals surface area contributed by atoms with Gasteiger partial charge in [-0.1, -0.05) is 35.1 Å². The number of anilines is 1. The van der Waals surface area contributed by atoms with Crippen LogP contribution in [0, 0.1) is 11.7 Å². The number of amides is 2. The van der Waals surface area contributed by atoms with Crippen molar-refractivity contribution in [2.45, 2.75) is 19.3 Å². The Labute approximate surface area is 188 Å². The highest BCUT2D eigenvalue weighted by Gasteiger charge is 2.28. The summed E-state index contributed by atoms with van der Waals surface area (Å²) in [4.78, 5) is 26.9. The minimum Gasteiger partial charge on any atom is -0.339 e. The van der Waals surface area contributed by atoms with E-state index in [1.807, 2.05) is 24.3 Å². The van der Waals surface area contributed by atoms with E-state index in [0.717, 1.165) is 10.6 Å². The number of halogens is 2. The Morgan fingerprint density at radius 2 is 1.74 bits per heavy atom. The summed E-state index contributed by atoms with van der Waals surface area (Å²) in [5, 5.41) is 13.0. The molecule has 0 saturated carbocycles. The van der Waals surface area contributed by atoms with E-state index in [9.17, 15) is 14.0 Å². The van der Waals surface area contributed by atoms with Gasteiger partial charge in [-0.25, -0.2) is 4.39 Å². The molecule has 2 amide bonds. The minimum atomic E-state index is -0.375. The summed E-state index contributed by atoms with van der Waals surface area (Å²) in [6.07, 6.45) is 1.75. The van der Waals surface area contributed by atoms with Gasteiger partial charge in [-0.3, -0.25) is 9.59 Å². The number of nitrogens with one attached hydrogen (secondary N) is 1. The first-order valence-corrected chi connectivity index (χ1v) is 11.1. The van der Waals surface area contributed by atoms with Crippen molar-refractivity contribution in [1.82, 2.24) is 15.1 Å². The summed E-state index contributed by atoms with van der Waals surface area (Å²) in [7, 11) is 0. The lowest BCUT2D eigenvalue weighted by atomic mass is 9.95. The van der Waals surface area contributed by atoms with Crippen LogP contribution in [0.2, 0.25) is 5.02 Å². The van der Waals surface area contributed by atoms with Gasteiger partial charge in [0.2, 0.25) is 11.0 Å². The number of piperidine rings is 1. The molecule has 0 unspecified atom stereocenters. The monoisotopic (exact) mass is 458 g/mol. The van der Waals surface area contributed by atoms with Crippen LogP contribution in [0.5, 0.6) is 0 Å². The largest absolute Gasteiger partial charge is 0.339 e. The molecule has 9 heteroatoms. The van der Waals surface area contributed by atoms with Gasteiger partial charge in [0.1, 0.15) is 10.8 Å². The number of hydrogen-bond donors (Lipinski definition) is 1. The Morgan fingerprint density at radius 1 is 1.06 bits per heavy atom. The van der Waals surface area contributed by atoms with Gasteiger partial charge < -0.3 is 10.2 Å². The topological polar surface area (TPSA) is 75.2 Å². The third-order valence-electron chi connectivity index (χ3n) is 5.21. The van der Waals surface area contributed by atoms with Crippen molar-refractivity contribution in [1.29, 1.82) is 0 Å². The van der Waals surface area contributed by atoms with E-state index >= 15 is 0 Å². The quantitative estimate of drug-likeness (QED) is 0.614. The van der Waals surface area contributed by atoms with E-state index in [4.69, 9.17) is 11.6 Å². The summed E-state index contributed by atoms with van der Waals surface area (Å²) in [6.45, 7) is 0.957. The van der Waals surface area contributed by atoms with Gasteiger partial charge >= 0.3 is 0 Å². The zero-order chi connectivity index (χ0) is 21.8. The van der Waals surface area contributed by atoms with Crippen molar-refractivity contribution < 1.29 is 14.0 Å². The van der Waals surface area contributed by atoms with E-state index in [1.54, 1.807) is 4.90 Å². The Hall–Kier alpha value is -2.84. The van der Waals surface area contributed by atoms with E-state index in [1.165, 1.54) is 35.6 Å². The standard InChI is InChI=1S/C22H20ClFN4O2S/c23-17-5-1-14(2-6-17)13-19-26-27-22(31-19)25-20(29)15-9-11-28(12-10-15)21(30)16-3-7-18(24)8-4-16/h1-8,15H,9-13H2,(H,25,27,29). The first-order chi connectivity index (χ1) is 15.0. The number of hydrogen-bond acceptors (Lipinski definition) is 5. The van der Waals surface area contributed by atoms with Crippen LogP contribution in [0.3, 0.4) is 0 Å². The molecule has 0 radical (unpaired) electrons. The Balaban J connectivity index is 1.28. The summed E-state index contributed by atoms with van der Waals surface area (Å²) >= 11 is 7.25. The normalized spacial score (nSPS) is 14.5. The lowest BCUT2D eigenvalue weighted by Crippen LogP contribution is -2.41. The van der Waals surface area contributed by atoms with Crippen molar-refractivity contribution >= 4 is 39.9 Å². The van der Waals surface area contributed by atoms with Crippen molar-refractivity contribution in [3.05, 3.63) is 75.5 Å². The molecule has 1 aliphatic rings. The minimum absolute atomic E-state index is 0.108. The van der Waals surface area contributed by atoms with Crippen molar-refractivity contribution in [2.24, 2.45) is 5.92 Å². The van der Waals surface area contributed by atoms with E-state index in [0.29, 0.717) is 48.1 Å². The Morgan fingerprint density at radius 3 is 2.42 bits per heavy atom. The third kappa shape index (κ3) is 5.45. The number of carbonyl (C=O) groups is 2.